The van der Waals surface area contributed by atoms with Gasteiger partial charge < -0.3 is 18.9 Å². The highest BCUT2D eigenvalue weighted by Crippen LogP contribution is 2.19. The minimum absolute atomic E-state index is 0.0624. The Bertz CT molecular complexity index is 740. The normalized spacial score (nSPS) is 16.1. The standard InChI is InChI=1S/C17H25N5O4/c1-17(2,3)25-16(23)22-9-6-12(7-10-22)24-11-14-19-15(26-20-14)13-5-8-18-21(13)4/h5,8,12H,6-7,9-11H2,1-4H3. The average Bonchev–Trinajstić information content (AvgIpc) is 3.20. The average molecular weight is 363 g/mol. The number of ether oxygens (including phenoxy) is 2. The van der Waals surface area contributed by atoms with E-state index in [4.69, 9.17) is 14.0 Å². The van der Waals surface area contributed by atoms with Crippen LogP contribution in [0.4, 0.5) is 4.79 Å². The molecule has 9 nitrogen and oxygen atoms in total. The van der Waals surface area contributed by atoms with Crippen LogP contribution in [0.15, 0.2) is 16.8 Å². The summed E-state index contributed by atoms with van der Waals surface area (Å²) >= 11 is 0. The third kappa shape index (κ3) is 4.60. The summed E-state index contributed by atoms with van der Waals surface area (Å²) in [7, 11) is 1.81. The Balaban J connectivity index is 1.45. The third-order valence-corrected chi connectivity index (χ3v) is 4.05. The van der Waals surface area contributed by atoms with E-state index in [1.165, 1.54) is 0 Å². The first-order valence-corrected chi connectivity index (χ1v) is 8.72. The Hall–Kier alpha value is -2.42. The van der Waals surface area contributed by atoms with Crippen molar-refractivity contribution in [2.24, 2.45) is 7.05 Å². The summed E-state index contributed by atoms with van der Waals surface area (Å²) in [6, 6.07) is 1.81. The Morgan fingerprint density at radius 1 is 1.35 bits per heavy atom. The molecular formula is C17H25N5O4. The van der Waals surface area contributed by atoms with Crippen LogP contribution in [0.2, 0.25) is 0 Å². The van der Waals surface area contributed by atoms with Gasteiger partial charge in [0, 0.05) is 26.3 Å². The van der Waals surface area contributed by atoms with Crippen LogP contribution in [0.1, 0.15) is 39.4 Å². The molecule has 3 heterocycles. The van der Waals surface area contributed by atoms with E-state index in [2.05, 4.69) is 15.2 Å². The fourth-order valence-electron chi connectivity index (χ4n) is 2.72. The smallest absolute Gasteiger partial charge is 0.410 e. The van der Waals surface area contributed by atoms with Gasteiger partial charge in [0.25, 0.3) is 5.89 Å². The maximum atomic E-state index is 12.1. The van der Waals surface area contributed by atoms with E-state index in [0.717, 1.165) is 18.5 Å². The third-order valence-electron chi connectivity index (χ3n) is 4.05. The summed E-state index contributed by atoms with van der Waals surface area (Å²) in [6.07, 6.45) is 2.98. The van der Waals surface area contributed by atoms with E-state index >= 15 is 0 Å². The molecule has 1 fully saturated rings. The van der Waals surface area contributed by atoms with Gasteiger partial charge >= 0.3 is 6.09 Å². The summed E-state index contributed by atoms with van der Waals surface area (Å²) in [5, 5.41) is 8.02. The van der Waals surface area contributed by atoms with E-state index < -0.39 is 5.60 Å². The van der Waals surface area contributed by atoms with Crippen LogP contribution in [-0.2, 0) is 23.1 Å². The van der Waals surface area contributed by atoms with Gasteiger partial charge in [-0.05, 0) is 39.7 Å². The lowest BCUT2D eigenvalue weighted by Gasteiger charge is -2.33. The largest absolute Gasteiger partial charge is 0.444 e. The zero-order chi connectivity index (χ0) is 18.7. The van der Waals surface area contributed by atoms with Crippen molar-refractivity contribution < 1.29 is 18.8 Å². The molecule has 0 aromatic carbocycles. The second-order valence-electron chi connectivity index (χ2n) is 7.33. The number of hydrogen-bond donors (Lipinski definition) is 0. The number of nitrogens with zero attached hydrogens (tertiary/aromatic N) is 5. The number of hydrogen-bond acceptors (Lipinski definition) is 7. The molecule has 1 saturated heterocycles. The van der Waals surface area contributed by atoms with Crippen LogP contribution >= 0.6 is 0 Å². The zero-order valence-electron chi connectivity index (χ0n) is 15.6. The number of rotatable bonds is 4. The van der Waals surface area contributed by atoms with E-state index in [9.17, 15) is 4.79 Å². The quantitative estimate of drug-likeness (QED) is 0.823. The molecule has 142 valence electrons. The Morgan fingerprint density at radius 2 is 2.08 bits per heavy atom. The highest BCUT2D eigenvalue weighted by atomic mass is 16.6. The highest BCUT2D eigenvalue weighted by molar-refractivity contribution is 5.68. The molecule has 1 aliphatic heterocycles. The molecule has 0 unspecified atom stereocenters. The molecular weight excluding hydrogens is 338 g/mol. The van der Waals surface area contributed by atoms with Gasteiger partial charge in [-0.15, -0.1) is 0 Å². The number of amides is 1. The number of piperidine rings is 1. The molecule has 0 saturated carbocycles. The molecule has 2 aromatic rings. The van der Waals surface area contributed by atoms with Crippen molar-refractivity contribution in [3.05, 3.63) is 18.1 Å². The maximum Gasteiger partial charge on any atom is 0.410 e. The topological polar surface area (TPSA) is 95.5 Å². The van der Waals surface area contributed by atoms with E-state index in [1.54, 1.807) is 15.8 Å². The Morgan fingerprint density at radius 3 is 2.69 bits per heavy atom. The minimum Gasteiger partial charge on any atom is -0.444 e. The summed E-state index contributed by atoms with van der Waals surface area (Å²) in [6.45, 7) is 7.11. The summed E-state index contributed by atoms with van der Waals surface area (Å²) in [5.41, 5.74) is 0.281. The van der Waals surface area contributed by atoms with Gasteiger partial charge in [0.2, 0.25) is 0 Å². The predicted molar refractivity (Wildman–Crippen MR) is 92.1 cm³/mol. The number of likely N-dealkylation sites (tertiary alicyclic amines) is 1. The van der Waals surface area contributed by atoms with E-state index in [1.807, 2.05) is 33.9 Å². The van der Waals surface area contributed by atoms with Gasteiger partial charge in [0.15, 0.2) is 5.82 Å². The lowest BCUT2D eigenvalue weighted by Crippen LogP contribution is -2.43. The van der Waals surface area contributed by atoms with Crippen molar-refractivity contribution in [1.82, 2.24) is 24.8 Å². The van der Waals surface area contributed by atoms with Crippen LogP contribution < -0.4 is 0 Å². The molecule has 2 aromatic heterocycles. The van der Waals surface area contributed by atoms with E-state index in [-0.39, 0.29) is 18.8 Å². The van der Waals surface area contributed by atoms with Gasteiger partial charge in [0.1, 0.15) is 17.9 Å². The lowest BCUT2D eigenvalue weighted by atomic mass is 10.1. The molecule has 3 rings (SSSR count). The molecule has 0 bridgehead atoms. The van der Waals surface area contributed by atoms with Gasteiger partial charge in [-0.1, -0.05) is 5.16 Å². The van der Waals surface area contributed by atoms with Gasteiger partial charge in [0.05, 0.1) is 6.10 Å². The number of carbonyl (C=O) groups excluding carboxylic acids is 1. The van der Waals surface area contributed by atoms with Gasteiger partial charge in [-0.25, -0.2) is 4.79 Å². The molecule has 1 amide bonds. The van der Waals surface area contributed by atoms with Crippen molar-refractivity contribution in [3.8, 4) is 11.6 Å². The highest BCUT2D eigenvalue weighted by Gasteiger charge is 2.27. The number of aromatic nitrogens is 4. The van der Waals surface area contributed by atoms with Crippen molar-refractivity contribution in [2.45, 2.75) is 51.9 Å². The van der Waals surface area contributed by atoms with Crippen LogP contribution in [0.5, 0.6) is 0 Å². The first-order valence-electron chi connectivity index (χ1n) is 8.72. The zero-order valence-corrected chi connectivity index (χ0v) is 15.6. The molecule has 26 heavy (non-hydrogen) atoms. The molecule has 0 spiro atoms. The van der Waals surface area contributed by atoms with Crippen molar-refractivity contribution in [1.29, 1.82) is 0 Å². The van der Waals surface area contributed by atoms with Crippen LogP contribution in [0.25, 0.3) is 11.6 Å². The SMILES string of the molecule is Cn1nccc1-c1nc(COC2CCN(C(=O)OC(C)(C)C)CC2)no1. The Kier molecular flexibility index (Phi) is 5.26. The van der Waals surface area contributed by atoms with Crippen molar-refractivity contribution >= 4 is 6.09 Å². The van der Waals surface area contributed by atoms with Crippen LogP contribution in [0, 0.1) is 0 Å². The monoisotopic (exact) mass is 363 g/mol. The van der Waals surface area contributed by atoms with Crippen LogP contribution in [0.3, 0.4) is 0 Å². The molecule has 9 heteroatoms. The molecule has 0 atom stereocenters. The van der Waals surface area contributed by atoms with Crippen molar-refractivity contribution in [3.63, 3.8) is 0 Å². The van der Waals surface area contributed by atoms with Crippen molar-refractivity contribution in [2.75, 3.05) is 13.1 Å². The fourth-order valence-corrected chi connectivity index (χ4v) is 2.72. The second-order valence-corrected chi connectivity index (χ2v) is 7.33. The maximum absolute atomic E-state index is 12.1. The summed E-state index contributed by atoms with van der Waals surface area (Å²) in [5.74, 6) is 0.916. The van der Waals surface area contributed by atoms with E-state index in [0.29, 0.717) is 24.8 Å². The predicted octanol–water partition coefficient (Wildman–Crippen LogP) is 2.39. The van der Waals surface area contributed by atoms with Gasteiger partial charge in [-0.3, -0.25) is 4.68 Å². The minimum atomic E-state index is -0.478. The molecule has 0 radical (unpaired) electrons. The molecule has 0 N–H and O–H groups in total. The lowest BCUT2D eigenvalue weighted by molar-refractivity contribution is -0.0190. The number of carbonyl (C=O) groups is 1. The molecule has 0 aliphatic carbocycles. The Labute approximate surface area is 152 Å². The fraction of sp³-hybridized carbons (Fsp3) is 0.647. The summed E-state index contributed by atoms with van der Waals surface area (Å²) in [4.78, 5) is 18.1. The first kappa shape index (κ1) is 18.4. The second kappa shape index (κ2) is 7.45. The number of aryl methyl sites for hydroxylation is 1. The molecule has 1 aliphatic rings. The summed E-state index contributed by atoms with van der Waals surface area (Å²) < 4.78 is 18.2. The first-order chi connectivity index (χ1) is 12.3. The van der Waals surface area contributed by atoms with Crippen LogP contribution in [-0.4, -0.2) is 55.7 Å². The van der Waals surface area contributed by atoms with Gasteiger partial charge in [-0.2, -0.15) is 10.1 Å².